The van der Waals surface area contributed by atoms with E-state index in [-0.39, 0.29) is 6.29 Å². The van der Waals surface area contributed by atoms with E-state index in [2.05, 4.69) is 27.8 Å². The molecule has 148 valence electrons. The van der Waals surface area contributed by atoms with Gasteiger partial charge in [-0.3, -0.25) is 0 Å². The number of rotatable bonds is 6. The predicted molar refractivity (Wildman–Crippen MR) is 112 cm³/mol. The molecule has 0 radical (unpaired) electrons. The van der Waals surface area contributed by atoms with Crippen LogP contribution >= 0.6 is 15.9 Å². The Bertz CT molecular complexity index is 797. The molecule has 1 fully saturated rings. The van der Waals surface area contributed by atoms with E-state index in [9.17, 15) is 5.11 Å². The normalized spacial score (nSPS) is 18.6. The van der Waals surface area contributed by atoms with E-state index in [1.54, 1.807) is 6.92 Å². The fourth-order valence-electron chi connectivity index (χ4n) is 2.88. The topological polar surface area (TPSA) is 47.9 Å². The molecule has 0 aromatic heterocycles. The van der Waals surface area contributed by atoms with Gasteiger partial charge in [0.1, 0.15) is 17.1 Å². The van der Waals surface area contributed by atoms with E-state index < -0.39 is 5.60 Å². The molecule has 3 rings (SSSR count). The lowest BCUT2D eigenvalue weighted by Gasteiger charge is -2.22. The Labute approximate surface area is 174 Å². The van der Waals surface area contributed by atoms with Crippen molar-refractivity contribution in [1.82, 2.24) is 0 Å². The lowest BCUT2D eigenvalue weighted by molar-refractivity contribution is -0.161. The first-order chi connectivity index (χ1) is 13.5. The van der Waals surface area contributed by atoms with Crippen molar-refractivity contribution in [2.45, 2.75) is 44.5 Å². The lowest BCUT2D eigenvalue weighted by atomic mass is 9.96. The van der Waals surface area contributed by atoms with Gasteiger partial charge in [-0.2, -0.15) is 0 Å². The Morgan fingerprint density at radius 1 is 1.11 bits per heavy atom. The van der Waals surface area contributed by atoms with Gasteiger partial charge in [-0.1, -0.05) is 39.9 Å². The molecule has 28 heavy (non-hydrogen) atoms. The number of hydrogen-bond acceptors (Lipinski definition) is 4. The average molecular weight is 445 g/mol. The molecule has 1 heterocycles. The summed E-state index contributed by atoms with van der Waals surface area (Å²) in [6, 6.07) is 14.9. The van der Waals surface area contributed by atoms with Crippen molar-refractivity contribution in [3.8, 4) is 23.3 Å². The van der Waals surface area contributed by atoms with Gasteiger partial charge in [0.05, 0.1) is 6.61 Å². The van der Waals surface area contributed by atoms with Crippen molar-refractivity contribution in [3.05, 3.63) is 58.6 Å². The molecule has 1 N–H and O–H groups in total. The second-order valence-electron chi connectivity index (χ2n) is 6.87. The van der Waals surface area contributed by atoms with Crippen LogP contribution in [-0.4, -0.2) is 24.6 Å². The molecular weight excluding hydrogens is 420 g/mol. The third-order valence-electron chi connectivity index (χ3n) is 4.47. The average Bonchev–Trinajstić information content (AvgIpc) is 2.71. The molecule has 5 heteroatoms. The summed E-state index contributed by atoms with van der Waals surface area (Å²) in [4.78, 5) is 0. The minimum Gasteiger partial charge on any atom is -0.457 e. The summed E-state index contributed by atoms with van der Waals surface area (Å²) in [6.45, 7) is 2.97. The zero-order chi connectivity index (χ0) is 19.8. The van der Waals surface area contributed by atoms with Gasteiger partial charge in [-0.15, -0.1) is 0 Å². The van der Waals surface area contributed by atoms with Crippen molar-refractivity contribution in [2.24, 2.45) is 0 Å². The van der Waals surface area contributed by atoms with Crippen LogP contribution in [0.2, 0.25) is 0 Å². The molecular formula is C23H25BrO4. The zero-order valence-corrected chi connectivity index (χ0v) is 17.6. The minimum atomic E-state index is -1.22. The maximum absolute atomic E-state index is 10.7. The van der Waals surface area contributed by atoms with Crippen LogP contribution in [0.5, 0.6) is 11.5 Å². The maximum Gasteiger partial charge on any atom is 0.157 e. The van der Waals surface area contributed by atoms with Crippen LogP contribution in [0.25, 0.3) is 0 Å². The zero-order valence-electron chi connectivity index (χ0n) is 16.0. The summed E-state index contributed by atoms with van der Waals surface area (Å²) in [5.41, 5.74) is -0.503. The fourth-order valence-corrected chi connectivity index (χ4v) is 3.14. The van der Waals surface area contributed by atoms with Gasteiger partial charge in [0.15, 0.2) is 6.29 Å². The summed E-state index contributed by atoms with van der Waals surface area (Å²) in [6.07, 6.45) is 3.65. The molecule has 0 saturated carbocycles. The summed E-state index contributed by atoms with van der Waals surface area (Å²) in [7, 11) is 0. The van der Waals surface area contributed by atoms with E-state index in [4.69, 9.17) is 14.2 Å². The van der Waals surface area contributed by atoms with Crippen LogP contribution in [0.3, 0.4) is 0 Å². The molecule has 0 aliphatic carbocycles. The molecule has 2 aromatic rings. The Balaban J connectivity index is 1.51. The van der Waals surface area contributed by atoms with Crippen LogP contribution in [0.1, 0.15) is 38.2 Å². The second-order valence-corrected chi connectivity index (χ2v) is 7.79. The van der Waals surface area contributed by atoms with E-state index in [1.165, 1.54) is 0 Å². The van der Waals surface area contributed by atoms with Crippen molar-refractivity contribution in [1.29, 1.82) is 0 Å². The van der Waals surface area contributed by atoms with Gasteiger partial charge in [-0.05, 0) is 68.1 Å². The van der Waals surface area contributed by atoms with Crippen LogP contribution in [0.4, 0.5) is 0 Å². The van der Waals surface area contributed by atoms with Crippen LogP contribution in [-0.2, 0) is 15.1 Å². The summed E-state index contributed by atoms with van der Waals surface area (Å²) in [5.74, 6) is 7.39. The van der Waals surface area contributed by atoms with Crippen LogP contribution in [0, 0.1) is 11.8 Å². The lowest BCUT2D eigenvalue weighted by Crippen LogP contribution is -2.22. The Kier molecular flexibility index (Phi) is 7.52. The molecule has 1 saturated heterocycles. The number of aliphatic hydroxyl groups is 1. The highest BCUT2D eigenvalue weighted by Gasteiger charge is 2.20. The molecule has 4 nitrogen and oxygen atoms in total. The summed E-state index contributed by atoms with van der Waals surface area (Å²) < 4.78 is 18.0. The number of hydrogen-bond donors (Lipinski definition) is 1. The SMILES string of the molecule is CC(O)(C#CCCOC1CCCCO1)c1ccc(Oc2ccc(Br)cc2)cc1. The molecule has 2 unspecified atom stereocenters. The third-order valence-corrected chi connectivity index (χ3v) is 4.99. The van der Waals surface area contributed by atoms with Crippen molar-refractivity contribution < 1.29 is 19.3 Å². The predicted octanol–water partition coefficient (Wildman–Crippen LogP) is 5.39. The van der Waals surface area contributed by atoms with E-state index in [0.717, 1.165) is 41.7 Å². The Morgan fingerprint density at radius 3 is 2.43 bits per heavy atom. The van der Waals surface area contributed by atoms with Crippen LogP contribution in [0.15, 0.2) is 53.0 Å². The highest BCUT2D eigenvalue weighted by molar-refractivity contribution is 9.10. The smallest absolute Gasteiger partial charge is 0.157 e. The molecule has 1 aliphatic rings. The van der Waals surface area contributed by atoms with Crippen molar-refractivity contribution in [3.63, 3.8) is 0 Å². The standard InChI is InChI=1S/C23H25BrO4/c1-23(25,15-3-5-17-27-22-6-2-4-16-26-22)18-7-11-20(12-8-18)28-21-13-9-19(24)10-14-21/h7-14,22,25H,2,4-6,16-17H2,1H3. The molecule has 0 spiro atoms. The van der Waals surface area contributed by atoms with E-state index >= 15 is 0 Å². The number of benzene rings is 2. The molecule has 0 bridgehead atoms. The molecule has 2 atom stereocenters. The highest BCUT2D eigenvalue weighted by Crippen LogP contribution is 2.26. The Morgan fingerprint density at radius 2 is 1.79 bits per heavy atom. The minimum absolute atomic E-state index is 0.102. The van der Waals surface area contributed by atoms with E-state index in [0.29, 0.717) is 18.8 Å². The first kappa shape index (κ1) is 20.9. The monoisotopic (exact) mass is 444 g/mol. The summed E-state index contributed by atoms with van der Waals surface area (Å²) in [5, 5.41) is 10.7. The highest BCUT2D eigenvalue weighted by atomic mass is 79.9. The first-order valence-corrected chi connectivity index (χ1v) is 10.3. The molecule has 2 aromatic carbocycles. The van der Waals surface area contributed by atoms with Gasteiger partial charge >= 0.3 is 0 Å². The van der Waals surface area contributed by atoms with Crippen LogP contribution < -0.4 is 4.74 Å². The van der Waals surface area contributed by atoms with Crippen molar-refractivity contribution >= 4 is 15.9 Å². The number of halogens is 1. The second kappa shape index (κ2) is 10.1. The largest absolute Gasteiger partial charge is 0.457 e. The molecule has 0 amide bonds. The maximum atomic E-state index is 10.7. The van der Waals surface area contributed by atoms with Gasteiger partial charge < -0.3 is 19.3 Å². The number of ether oxygens (including phenoxy) is 3. The third kappa shape index (κ3) is 6.35. The van der Waals surface area contributed by atoms with Gasteiger partial charge in [0.2, 0.25) is 0 Å². The molecule has 1 aliphatic heterocycles. The van der Waals surface area contributed by atoms with Gasteiger partial charge in [0, 0.05) is 17.5 Å². The Hall–Kier alpha value is -1.84. The summed E-state index contributed by atoms with van der Waals surface area (Å²) >= 11 is 3.40. The fraction of sp³-hybridized carbons (Fsp3) is 0.391. The first-order valence-electron chi connectivity index (χ1n) is 9.52. The van der Waals surface area contributed by atoms with E-state index in [1.807, 2.05) is 48.5 Å². The van der Waals surface area contributed by atoms with Gasteiger partial charge in [-0.25, -0.2) is 0 Å². The van der Waals surface area contributed by atoms with Gasteiger partial charge in [0.25, 0.3) is 0 Å². The quantitative estimate of drug-likeness (QED) is 0.479. The van der Waals surface area contributed by atoms with Crippen molar-refractivity contribution in [2.75, 3.05) is 13.2 Å².